The van der Waals surface area contributed by atoms with E-state index >= 15 is 0 Å². The Hall–Kier alpha value is -1.66. The molecule has 0 unspecified atom stereocenters. The maximum absolute atomic E-state index is 11.6. The molecule has 0 aliphatic carbocycles. The Morgan fingerprint density at radius 2 is 2.24 bits per heavy atom. The molecular weight excluding hydrogens is 222 g/mol. The molecule has 1 aromatic heterocycles. The van der Waals surface area contributed by atoms with E-state index < -0.39 is 0 Å². The number of methoxy groups -OCH3 is 1. The zero-order valence-electron chi connectivity index (χ0n) is 9.79. The Morgan fingerprint density at radius 1 is 1.41 bits per heavy atom. The Kier molecular flexibility index (Phi) is 5.98. The van der Waals surface area contributed by atoms with Gasteiger partial charge >= 0.3 is 0 Å². The third kappa shape index (κ3) is 4.80. The normalized spacial score (nSPS) is 10.2. The number of H-pyrrole nitrogens is 1. The molecule has 1 heterocycles. The van der Waals surface area contributed by atoms with Gasteiger partial charge in [-0.15, -0.1) is 0 Å². The number of aromatic amines is 1. The highest BCUT2D eigenvalue weighted by Crippen LogP contribution is 1.86. The van der Waals surface area contributed by atoms with Crippen LogP contribution in [0.15, 0.2) is 23.3 Å². The number of carbonyl (C=O) groups excluding carboxylic acids is 1. The van der Waals surface area contributed by atoms with E-state index in [2.05, 4.69) is 15.6 Å². The average molecular weight is 239 g/mol. The minimum absolute atomic E-state index is 0.129. The van der Waals surface area contributed by atoms with E-state index in [1.807, 2.05) is 0 Å². The van der Waals surface area contributed by atoms with Gasteiger partial charge in [0.15, 0.2) is 5.43 Å². The van der Waals surface area contributed by atoms with Gasteiger partial charge in [-0.2, -0.15) is 0 Å². The van der Waals surface area contributed by atoms with Crippen molar-refractivity contribution in [1.82, 2.24) is 15.6 Å². The van der Waals surface area contributed by atoms with E-state index in [1.165, 1.54) is 18.5 Å². The molecule has 0 aromatic carbocycles. The maximum atomic E-state index is 11.6. The fourth-order valence-corrected chi connectivity index (χ4v) is 1.25. The molecular formula is C11H17N3O3. The predicted molar refractivity (Wildman–Crippen MR) is 64.1 cm³/mol. The summed E-state index contributed by atoms with van der Waals surface area (Å²) >= 11 is 0. The summed E-state index contributed by atoms with van der Waals surface area (Å²) in [7, 11) is 1.63. The van der Waals surface area contributed by atoms with E-state index in [-0.39, 0.29) is 16.9 Å². The lowest BCUT2D eigenvalue weighted by Crippen LogP contribution is -2.35. The van der Waals surface area contributed by atoms with Crippen LogP contribution in [0.25, 0.3) is 0 Å². The standard InChI is InChI=1S/C11H17N3O3/c1-17-7-6-12-4-5-14-11(16)9-8-13-3-2-10(9)15/h2-3,8,12H,4-7H2,1H3,(H,13,15)(H,14,16). The van der Waals surface area contributed by atoms with Gasteiger partial charge in [-0.05, 0) is 0 Å². The number of hydrogen-bond acceptors (Lipinski definition) is 4. The van der Waals surface area contributed by atoms with Gasteiger partial charge in [0.2, 0.25) is 0 Å². The fourth-order valence-electron chi connectivity index (χ4n) is 1.25. The molecule has 1 rings (SSSR count). The van der Waals surface area contributed by atoms with Crippen LogP contribution in [0.1, 0.15) is 10.4 Å². The molecule has 0 saturated carbocycles. The van der Waals surface area contributed by atoms with Crippen molar-refractivity contribution in [2.75, 3.05) is 33.4 Å². The van der Waals surface area contributed by atoms with Crippen molar-refractivity contribution < 1.29 is 9.53 Å². The molecule has 0 spiro atoms. The second kappa shape index (κ2) is 7.59. The lowest BCUT2D eigenvalue weighted by Gasteiger charge is -2.05. The summed E-state index contributed by atoms with van der Waals surface area (Å²) in [4.78, 5) is 25.6. The highest BCUT2D eigenvalue weighted by Gasteiger charge is 2.07. The van der Waals surface area contributed by atoms with Gasteiger partial charge in [-0.3, -0.25) is 9.59 Å². The second-order valence-corrected chi connectivity index (χ2v) is 3.42. The number of rotatable bonds is 7. The summed E-state index contributed by atoms with van der Waals surface area (Å²) in [6.45, 7) is 2.47. The Labute approximate surface area is 99.4 Å². The highest BCUT2D eigenvalue weighted by molar-refractivity contribution is 5.93. The molecule has 0 atom stereocenters. The van der Waals surface area contributed by atoms with E-state index in [4.69, 9.17) is 4.74 Å². The van der Waals surface area contributed by atoms with E-state index in [0.717, 1.165) is 6.54 Å². The summed E-state index contributed by atoms with van der Waals surface area (Å²) in [6.07, 6.45) is 2.89. The first-order valence-corrected chi connectivity index (χ1v) is 5.40. The van der Waals surface area contributed by atoms with Crippen molar-refractivity contribution in [1.29, 1.82) is 0 Å². The molecule has 0 aliphatic heterocycles. The fraction of sp³-hybridized carbons (Fsp3) is 0.455. The van der Waals surface area contributed by atoms with Crippen molar-refractivity contribution in [2.24, 2.45) is 0 Å². The molecule has 1 amide bonds. The predicted octanol–water partition coefficient (Wildman–Crippen LogP) is -0.659. The monoisotopic (exact) mass is 239 g/mol. The molecule has 94 valence electrons. The van der Waals surface area contributed by atoms with Gasteiger partial charge in [0.1, 0.15) is 5.56 Å². The number of carbonyl (C=O) groups is 1. The molecule has 6 heteroatoms. The number of amides is 1. The lowest BCUT2D eigenvalue weighted by molar-refractivity contribution is 0.0952. The van der Waals surface area contributed by atoms with Crippen LogP contribution in [-0.2, 0) is 4.74 Å². The third-order valence-electron chi connectivity index (χ3n) is 2.14. The minimum Gasteiger partial charge on any atom is -0.383 e. The summed E-state index contributed by atoms with van der Waals surface area (Å²) in [5, 5.41) is 5.74. The van der Waals surface area contributed by atoms with Crippen molar-refractivity contribution >= 4 is 5.91 Å². The SMILES string of the molecule is COCCNCCNC(=O)c1c[nH]ccc1=O. The second-order valence-electron chi connectivity index (χ2n) is 3.42. The smallest absolute Gasteiger partial charge is 0.256 e. The zero-order valence-corrected chi connectivity index (χ0v) is 9.79. The largest absolute Gasteiger partial charge is 0.383 e. The van der Waals surface area contributed by atoms with Crippen LogP contribution < -0.4 is 16.1 Å². The quantitative estimate of drug-likeness (QED) is 0.552. The van der Waals surface area contributed by atoms with Crippen molar-refractivity contribution in [3.63, 3.8) is 0 Å². The van der Waals surface area contributed by atoms with Crippen LogP contribution >= 0.6 is 0 Å². The molecule has 0 radical (unpaired) electrons. The first-order chi connectivity index (χ1) is 8.25. The van der Waals surface area contributed by atoms with Gasteiger partial charge in [-0.25, -0.2) is 0 Å². The van der Waals surface area contributed by atoms with E-state index in [0.29, 0.717) is 19.7 Å². The van der Waals surface area contributed by atoms with Crippen molar-refractivity contribution in [3.8, 4) is 0 Å². The Morgan fingerprint density at radius 3 is 2.94 bits per heavy atom. The van der Waals surface area contributed by atoms with Gasteiger partial charge < -0.3 is 20.4 Å². The maximum Gasteiger partial charge on any atom is 0.256 e. The molecule has 0 bridgehead atoms. The molecule has 6 nitrogen and oxygen atoms in total. The van der Waals surface area contributed by atoms with Crippen LogP contribution in [0.3, 0.4) is 0 Å². The van der Waals surface area contributed by atoms with Crippen molar-refractivity contribution in [2.45, 2.75) is 0 Å². The van der Waals surface area contributed by atoms with Crippen molar-refractivity contribution in [3.05, 3.63) is 34.2 Å². The number of nitrogens with one attached hydrogen (secondary N) is 3. The molecule has 0 aliphatic rings. The topological polar surface area (TPSA) is 83.2 Å². The van der Waals surface area contributed by atoms with Gasteiger partial charge in [-0.1, -0.05) is 0 Å². The van der Waals surface area contributed by atoms with E-state index in [1.54, 1.807) is 7.11 Å². The van der Waals surface area contributed by atoms with Gasteiger partial charge in [0.25, 0.3) is 5.91 Å². The Balaban J connectivity index is 2.26. The van der Waals surface area contributed by atoms with Crippen LogP contribution in [0.5, 0.6) is 0 Å². The third-order valence-corrected chi connectivity index (χ3v) is 2.14. The van der Waals surface area contributed by atoms with Gasteiger partial charge in [0, 0.05) is 45.2 Å². The van der Waals surface area contributed by atoms with Crippen LogP contribution in [0.4, 0.5) is 0 Å². The number of hydrogen-bond donors (Lipinski definition) is 3. The molecule has 17 heavy (non-hydrogen) atoms. The molecule has 0 fully saturated rings. The van der Waals surface area contributed by atoms with Crippen LogP contribution in [0.2, 0.25) is 0 Å². The van der Waals surface area contributed by atoms with Gasteiger partial charge in [0.05, 0.1) is 6.61 Å². The summed E-state index contributed by atoms with van der Waals surface area (Å²) < 4.78 is 4.86. The average Bonchev–Trinajstić information content (AvgIpc) is 2.34. The molecule has 3 N–H and O–H groups in total. The number of pyridine rings is 1. The highest BCUT2D eigenvalue weighted by atomic mass is 16.5. The summed E-state index contributed by atoms with van der Waals surface area (Å²) in [5.41, 5.74) is -0.155. The zero-order chi connectivity index (χ0) is 12.5. The van der Waals surface area contributed by atoms with Crippen LogP contribution in [-0.4, -0.2) is 44.2 Å². The lowest BCUT2D eigenvalue weighted by atomic mass is 10.2. The Bertz CT molecular complexity index is 403. The first kappa shape index (κ1) is 13.4. The summed E-state index contributed by atoms with van der Waals surface area (Å²) in [6, 6.07) is 1.33. The first-order valence-electron chi connectivity index (χ1n) is 5.40. The molecule has 0 saturated heterocycles. The van der Waals surface area contributed by atoms with E-state index in [9.17, 15) is 9.59 Å². The summed E-state index contributed by atoms with van der Waals surface area (Å²) in [5.74, 6) is -0.361. The number of aromatic nitrogens is 1. The van der Waals surface area contributed by atoms with Crippen LogP contribution in [0, 0.1) is 0 Å². The number of ether oxygens (including phenoxy) is 1. The molecule has 1 aromatic rings. The minimum atomic E-state index is -0.361.